The summed E-state index contributed by atoms with van der Waals surface area (Å²) < 4.78 is 0. The van der Waals surface area contributed by atoms with Crippen LogP contribution in [0.15, 0.2) is 12.1 Å². The highest BCUT2D eigenvalue weighted by molar-refractivity contribution is 6.33. The molecule has 1 aliphatic rings. The molecule has 1 aliphatic heterocycles. The zero-order chi connectivity index (χ0) is 14.0. The molecule has 1 aromatic rings. The molecular formula is C14H20ClN3O. The number of likely N-dealkylation sites (tertiary alicyclic amines) is 1. The quantitative estimate of drug-likeness (QED) is 0.906. The van der Waals surface area contributed by atoms with Crippen LogP contribution in [-0.4, -0.2) is 35.4 Å². The van der Waals surface area contributed by atoms with Gasteiger partial charge in [0.15, 0.2) is 0 Å². The van der Waals surface area contributed by atoms with E-state index in [2.05, 4.69) is 24.1 Å². The zero-order valence-electron chi connectivity index (χ0n) is 11.6. The van der Waals surface area contributed by atoms with E-state index in [-0.39, 0.29) is 11.9 Å². The zero-order valence-corrected chi connectivity index (χ0v) is 12.4. The molecule has 1 amide bonds. The van der Waals surface area contributed by atoms with E-state index in [1.807, 2.05) is 4.90 Å². The molecule has 0 aromatic carbocycles. The van der Waals surface area contributed by atoms with Crippen molar-refractivity contribution in [2.75, 3.05) is 18.9 Å². The van der Waals surface area contributed by atoms with Crippen molar-refractivity contribution in [3.05, 3.63) is 22.8 Å². The lowest BCUT2D eigenvalue weighted by molar-refractivity contribution is 0.0545. The van der Waals surface area contributed by atoms with Gasteiger partial charge in [-0.15, -0.1) is 0 Å². The van der Waals surface area contributed by atoms with Gasteiger partial charge in [-0.1, -0.05) is 18.5 Å². The Morgan fingerprint density at radius 2 is 2.21 bits per heavy atom. The van der Waals surface area contributed by atoms with E-state index in [9.17, 15) is 4.79 Å². The third kappa shape index (κ3) is 2.84. The summed E-state index contributed by atoms with van der Waals surface area (Å²) in [6.45, 7) is 5.06. The summed E-state index contributed by atoms with van der Waals surface area (Å²) in [4.78, 5) is 18.8. The Bertz CT molecular complexity index is 478. The van der Waals surface area contributed by atoms with Crippen molar-refractivity contribution >= 4 is 23.3 Å². The molecule has 5 heteroatoms. The number of piperidine rings is 1. The lowest BCUT2D eigenvalue weighted by atomic mass is 9.92. The molecule has 2 unspecified atom stereocenters. The van der Waals surface area contributed by atoms with E-state index in [4.69, 9.17) is 11.6 Å². The summed E-state index contributed by atoms with van der Waals surface area (Å²) in [7, 11) is 1.77. The summed E-state index contributed by atoms with van der Waals surface area (Å²) >= 11 is 6.11. The van der Waals surface area contributed by atoms with Crippen LogP contribution in [0.25, 0.3) is 0 Å². The van der Waals surface area contributed by atoms with Gasteiger partial charge in [-0.2, -0.15) is 0 Å². The normalized spacial score (nSPS) is 23.3. The maximum atomic E-state index is 12.6. The van der Waals surface area contributed by atoms with Gasteiger partial charge in [0.2, 0.25) is 0 Å². The molecule has 2 atom stereocenters. The standard InChI is InChI=1S/C14H20ClN3O/c1-9-5-4-8-18(10(9)2)14(19)13-11(15)6-7-12(16-3)17-13/h6-7,9-10H,4-5,8H2,1-3H3,(H,16,17). The summed E-state index contributed by atoms with van der Waals surface area (Å²) in [6.07, 6.45) is 2.21. The molecule has 0 aliphatic carbocycles. The molecule has 2 heterocycles. The van der Waals surface area contributed by atoms with E-state index in [1.54, 1.807) is 19.2 Å². The van der Waals surface area contributed by atoms with E-state index in [0.29, 0.717) is 22.5 Å². The van der Waals surface area contributed by atoms with E-state index in [1.165, 1.54) is 6.42 Å². The molecule has 1 fully saturated rings. The van der Waals surface area contributed by atoms with Gasteiger partial charge in [0.05, 0.1) is 5.02 Å². The van der Waals surface area contributed by atoms with Crippen molar-refractivity contribution in [3.63, 3.8) is 0 Å². The number of nitrogens with zero attached hydrogens (tertiary/aromatic N) is 2. The summed E-state index contributed by atoms with van der Waals surface area (Å²) in [6, 6.07) is 3.71. The molecule has 0 radical (unpaired) electrons. The topological polar surface area (TPSA) is 45.2 Å². The molecule has 0 spiro atoms. The number of rotatable bonds is 2. The number of anilines is 1. The molecule has 4 nitrogen and oxygen atoms in total. The number of carbonyl (C=O) groups excluding carboxylic acids is 1. The van der Waals surface area contributed by atoms with Crippen LogP contribution in [-0.2, 0) is 0 Å². The molecule has 2 rings (SSSR count). The lowest BCUT2D eigenvalue weighted by Crippen LogP contribution is -2.46. The minimum absolute atomic E-state index is 0.0684. The van der Waals surface area contributed by atoms with E-state index >= 15 is 0 Å². The van der Waals surface area contributed by atoms with Crippen LogP contribution in [0.4, 0.5) is 5.82 Å². The second-order valence-corrected chi connectivity index (χ2v) is 5.54. The van der Waals surface area contributed by atoms with Crippen LogP contribution >= 0.6 is 11.6 Å². The maximum Gasteiger partial charge on any atom is 0.274 e. The average Bonchev–Trinajstić information content (AvgIpc) is 2.42. The van der Waals surface area contributed by atoms with Crippen molar-refractivity contribution in [3.8, 4) is 0 Å². The minimum atomic E-state index is -0.0684. The van der Waals surface area contributed by atoms with Crippen molar-refractivity contribution < 1.29 is 4.79 Å². The van der Waals surface area contributed by atoms with Gasteiger partial charge in [0, 0.05) is 19.6 Å². The van der Waals surface area contributed by atoms with Crippen molar-refractivity contribution in [1.29, 1.82) is 0 Å². The molecule has 1 aromatic heterocycles. The van der Waals surface area contributed by atoms with Crippen LogP contribution in [0.1, 0.15) is 37.2 Å². The summed E-state index contributed by atoms with van der Waals surface area (Å²) in [5.74, 6) is 1.11. The number of hydrogen-bond donors (Lipinski definition) is 1. The Kier molecular flexibility index (Phi) is 4.30. The number of halogens is 1. The Hall–Kier alpha value is -1.29. The number of pyridine rings is 1. The largest absolute Gasteiger partial charge is 0.373 e. The van der Waals surface area contributed by atoms with Gasteiger partial charge in [0.25, 0.3) is 5.91 Å². The van der Waals surface area contributed by atoms with Gasteiger partial charge in [-0.05, 0) is 37.8 Å². The van der Waals surface area contributed by atoms with Crippen molar-refractivity contribution in [2.24, 2.45) is 5.92 Å². The monoisotopic (exact) mass is 281 g/mol. The third-order valence-corrected chi connectivity index (χ3v) is 4.24. The molecular weight excluding hydrogens is 262 g/mol. The fourth-order valence-corrected chi connectivity index (χ4v) is 2.68. The predicted octanol–water partition coefficient (Wildman–Crippen LogP) is 3.04. The Labute approximate surface area is 119 Å². The van der Waals surface area contributed by atoms with Gasteiger partial charge >= 0.3 is 0 Å². The first-order chi connectivity index (χ1) is 9.04. The molecule has 0 saturated carbocycles. The highest BCUT2D eigenvalue weighted by Gasteiger charge is 2.30. The first-order valence-electron chi connectivity index (χ1n) is 6.70. The highest BCUT2D eigenvalue weighted by atomic mass is 35.5. The minimum Gasteiger partial charge on any atom is -0.373 e. The number of carbonyl (C=O) groups is 1. The molecule has 1 saturated heterocycles. The molecule has 19 heavy (non-hydrogen) atoms. The number of amides is 1. The number of aromatic nitrogens is 1. The Morgan fingerprint density at radius 3 is 2.89 bits per heavy atom. The van der Waals surface area contributed by atoms with Gasteiger partial charge in [0.1, 0.15) is 11.5 Å². The first kappa shape index (κ1) is 14.1. The Balaban J connectivity index is 2.28. The molecule has 1 N–H and O–H groups in total. The fraction of sp³-hybridized carbons (Fsp3) is 0.571. The van der Waals surface area contributed by atoms with Gasteiger partial charge in [-0.25, -0.2) is 4.98 Å². The highest BCUT2D eigenvalue weighted by Crippen LogP contribution is 2.26. The summed E-state index contributed by atoms with van der Waals surface area (Å²) in [5.41, 5.74) is 0.342. The van der Waals surface area contributed by atoms with Crippen LogP contribution < -0.4 is 5.32 Å². The number of hydrogen-bond acceptors (Lipinski definition) is 3. The molecule has 0 bridgehead atoms. The van der Waals surface area contributed by atoms with E-state index < -0.39 is 0 Å². The second-order valence-electron chi connectivity index (χ2n) is 5.14. The van der Waals surface area contributed by atoms with E-state index in [0.717, 1.165) is 13.0 Å². The van der Waals surface area contributed by atoms with Crippen molar-refractivity contribution in [2.45, 2.75) is 32.7 Å². The summed E-state index contributed by atoms with van der Waals surface area (Å²) in [5, 5.41) is 3.34. The maximum absolute atomic E-state index is 12.6. The lowest BCUT2D eigenvalue weighted by Gasteiger charge is -2.37. The van der Waals surface area contributed by atoms with Crippen LogP contribution in [0.2, 0.25) is 5.02 Å². The first-order valence-corrected chi connectivity index (χ1v) is 7.07. The van der Waals surface area contributed by atoms with Gasteiger partial charge in [-0.3, -0.25) is 4.79 Å². The van der Waals surface area contributed by atoms with Crippen LogP contribution in [0.3, 0.4) is 0 Å². The fourth-order valence-electron chi connectivity index (χ4n) is 2.49. The average molecular weight is 282 g/mol. The third-order valence-electron chi connectivity index (χ3n) is 3.94. The Morgan fingerprint density at radius 1 is 1.47 bits per heavy atom. The van der Waals surface area contributed by atoms with Crippen LogP contribution in [0.5, 0.6) is 0 Å². The number of nitrogens with one attached hydrogen (secondary N) is 1. The van der Waals surface area contributed by atoms with Crippen LogP contribution in [0, 0.1) is 5.92 Å². The molecule has 104 valence electrons. The smallest absolute Gasteiger partial charge is 0.274 e. The SMILES string of the molecule is CNc1ccc(Cl)c(C(=O)N2CCCC(C)C2C)n1. The predicted molar refractivity (Wildman–Crippen MR) is 77.7 cm³/mol. The second kappa shape index (κ2) is 5.78. The van der Waals surface area contributed by atoms with Crippen molar-refractivity contribution in [1.82, 2.24) is 9.88 Å². The van der Waals surface area contributed by atoms with Gasteiger partial charge < -0.3 is 10.2 Å².